The zero-order valence-electron chi connectivity index (χ0n) is 10.8. The van der Waals surface area contributed by atoms with Crippen LogP contribution in [0, 0.1) is 0 Å². The average Bonchev–Trinajstić information content (AvgIpc) is 2.34. The number of hydrogen-bond donors (Lipinski definition) is 1. The third-order valence-corrected chi connectivity index (χ3v) is 2.99. The Hall–Kier alpha value is -1.03. The number of alkyl halides is 3. The molecule has 0 fully saturated rings. The molecular formula is C14H20F3N. The van der Waals surface area contributed by atoms with E-state index in [9.17, 15) is 13.2 Å². The molecular weight excluding hydrogens is 239 g/mol. The largest absolute Gasteiger partial charge is 0.407 e. The molecule has 1 aromatic carbocycles. The molecule has 0 bridgehead atoms. The topological polar surface area (TPSA) is 12.0 Å². The normalized spacial score (nSPS) is 15.4. The summed E-state index contributed by atoms with van der Waals surface area (Å²) in [7, 11) is 0. The average molecular weight is 259 g/mol. The SMILES string of the molecule is CCCC(CC)NC(c1ccccc1)C(F)(F)F. The van der Waals surface area contributed by atoms with Gasteiger partial charge < -0.3 is 0 Å². The predicted molar refractivity (Wildman–Crippen MR) is 67.4 cm³/mol. The lowest BCUT2D eigenvalue weighted by molar-refractivity contribution is -0.159. The van der Waals surface area contributed by atoms with Crippen molar-refractivity contribution in [2.24, 2.45) is 0 Å². The molecule has 0 saturated heterocycles. The van der Waals surface area contributed by atoms with Gasteiger partial charge in [-0.1, -0.05) is 50.6 Å². The van der Waals surface area contributed by atoms with E-state index in [1.165, 1.54) is 12.1 Å². The van der Waals surface area contributed by atoms with Crippen LogP contribution in [0.4, 0.5) is 13.2 Å². The Labute approximate surface area is 106 Å². The molecule has 0 amide bonds. The molecule has 1 aromatic rings. The highest BCUT2D eigenvalue weighted by Gasteiger charge is 2.41. The van der Waals surface area contributed by atoms with Gasteiger partial charge in [-0.05, 0) is 18.4 Å². The summed E-state index contributed by atoms with van der Waals surface area (Å²) in [4.78, 5) is 0. The van der Waals surface area contributed by atoms with Crippen molar-refractivity contribution in [3.05, 3.63) is 35.9 Å². The summed E-state index contributed by atoms with van der Waals surface area (Å²) in [5, 5.41) is 2.74. The van der Waals surface area contributed by atoms with Gasteiger partial charge in [-0.25, -0.2) is 0 Å². The van der Waals surface area contributed by atoms with Gasteiger partial charge >= 0.3 is 6.18 Å². The second-order valence-electron chi connectivity index (χ2n) is 4.45. The van der Waals surface area contributed by atoms with Crippen molar-refractivity contribution in [3.8, 4) is 0 Å². The van der Waals surface area contributed by atoms with Crippen molar-refractivity contribution < 1.29 is 13.2 Å². The molecule has 0 saturated carbocycles. The highest BCUT2D eigenvalue weighted by Crippen LogP contribution is 2.33. The van der Waals surface area contributed by atoms with Gasteiger partial charge in [-0.2, -0.15) is 13.2 Å². The molecule has 18 heavy (non-hydrogen) atoms. The highest BCUT2D eigenvalue weighted by atomic mass is 19.4. The second kappa shape index (κ2) is 6.78. The molecule has 0 aliphatic heterocycles. The Bertz CT molecular complexity index is 335. The maximum atomic E-state index is 13.1. The van der Waals surface area contributed by atoms with E-state index >= 15 is 0 Å². The monoisotopic (exact) mass is 259 g/mol. The van der Waals surface area contributed by atoms with Gasteiger partial charge in [0, 0.05) is 6.04 Å². The summed E-state index contributed by atoms with van der Waals surface area (Å²) >= 11 is 0. The van der Waals surface area contributed by atoms with Crippen LogP contribution in [-0.4, -0.2) is 12.2 Å². The van der Waals surface area contributed by atoms with Gasteiger partial charge in [0.1, 0.15) is 6.04 Å². The minimum atomic E-state index is -4.26. The Morgan fingerprint density at radius 3 is 2.17 bits per heavy atom. The first-order valence-electron chi connectivity index (χ1n) is 6.36. The van der Waals surface area contributed by atoms with Gasteiger partial charge in [0.05, 0.1) is 0 Å². The van der Waals surface area contributed by atoms with Crippen LogP contribution in [0.2, 0.25) is 0 Å². The molecule has 0 aliphatic carbocycles. The van der Waals surface area contributed by atoms with Crippen molar-refractivity contribution in [2.45, 2.75) is 51.4 Å². The van der Waals surface area contributed by atoms with E-state index in [-0.39, 0.29) is 11.6 Å². The molecule has 4 heteroatoms. The number of rotatable bonds is 6. The standard InChI is InChI=1S/C14H20F3N/c1-3-8-12(4-2)18-13(14(15,16)17)11-9-6-5-7-10-11/h5-7,9-10,12-13,18H,3-4,8H2,1-2H3. The lowest BCUT2D eigenvalue weighted by Crippen LogP contribution is -2.40. The van der Waals surface area contributed by atoms with Crippen LogP contribution in [0.3, 0.4) is 0 Å². The second-order valence-corrected chi connectivity index (χ2v) is 4.45. The van der Waals surface area contributed by atoms with Crippen molar-refractivity contribution in [3.63, 3.8) is 0 Å². The number of benzene rings is 1. The first kappa shape index (κ1) is 15.0. The van der Waals surface area contributed by atoms with Crippen LogP contribution in [0.15, 0.2) is 30.3 Å². The van der Waals surface area contributed by atoms with Crippen molar-refractivity contribution >= 4 is 0 Å². The molecule has 0 spiro atoms. The predicted octanol–water partition coefficient (Wildman–Crippen LogP) is 4.46. The summed E-state index contributed by atoms with van der Waals surface area (Å²) in [6.45, 7) is 3.89. The third-order valence-electron chi connectivity index (χ3n) is 2.99. The fourth-order valence-electron chi connectivity index (χ4n) is 2.01. The summed E-state index contributed by atoms with van der Waals surface area (Å²) in [6, 6.07) is 6.36. The Kier molecular flexibility index (Phi) is 5.66. The van der Waals surface area contributed by atoms with E-state index in [1.54, 1.807) is 18.2 Å². The number of hydrogen-bond acceptors (Lipinski definition) is 1. The fourth-order valence-corrected chi connectivity index (χ4v) is 2.01. The van der Waals surface area contributed by atoms with Gasteiger partial charge in [-0.15, -0.1) is 0 Å². The van der Waals surface area contributed by atoms with E-state index in [0.29, 0.717) is 6.42 Å². The highest BCUT2D eigenvalue weighted by molar-refractivity contribution is 5.20. The zero-order valence-corrected chi connectivity index (χ0v) is 10.8. The third kappa shape index (κ3) is 4.33. The van der Waals surface area contributed by atoms with Crippen molar-refractivity contribution in [1.29, 1.82) is 0 Å². The van der Waals surface area contributed by atoms with Crippen molar-refractivity contribution in [2.75, 3.05) is 0 Å². The lowest BCUT2D eigenvalue weighted by Gasteiger charge is -2.27. The van der Waals surface area contributed by atoms with E-state index in [1.807, 2.05) is 13.8 Å². The van der Waals surface area contributed by atoms with Crippen LogP contribution in [0.25, 0.3) is 0 Å². The van der Waals surface area contributed by atoms with E-state index in [4.69, 9.17) is 0 Å². The van der Waals surface area contributed by atoms with Crippen LogP contribution in [-0.2, 0) is 0 Å². The first-order chi connectivity index (χ1) is 8.49. The van der Waals surface area contributed by atoms with Gasteiger partial charge in [0.25, 0.3) is 0 Å². The van der Waals surface area contributed by atoms with E-state index in [2.05, 4.69) is 5.32 Å². The van der Waals surface area contributed by atoms with Crippen LogP contribution in [0.5, 0.6) is 0 Å². The molecule has 2 unspecified atom stereocenters. The minimum Gasteiger partial charge on any atom is -0.300 e. The quantitative estimate of drug-likeness (QED) is 0.795. The van der Waals surface area contributed by atoms with Crippen LogP contribution in [0.1, 0.15) is 44.7 Å². The molecule has 1 nitrogen and oxygen atoms in total. The van der Waals surface area contributed by atoms with Gasteiger partial charge in [0.15, 0.2) is 0 Å². The van der Waals surface area contributed by atoms with Gasteiger partial charge in [-0.3, -0.25) is 5.32 Å². The molecule has 0 heterocycles. The number of halogens is 3. The summed E-state index contributed by atoms with van der Waals surface area (Å²) in [5.74, 6) is 0. The molecule has 102 valence electrons. The Morgan fingerprint density at radius 2 is 1.72 bits per heavy atom. The fraction of sp³-hybridized carbons (Fsp3) is 0.571. The first-order valence-corrected chi connectivity index (χ1v) is 6.36. The van der Waals surface area contributed by atoms with Gasteiger partial charge in [0.2, 0.25) is 0 Å². The van der Waals surface area contributed by atoms with E-state index < -0.39 is 12.2 Å². The Morgan fingerprint density at radius 1 is 1.11 bits per heavy atom. The molecule has 2 atom stereocenters. The van der Waals surface area contributed by atoms with Crippen molar-refractivity contribution in [1.82, 2.24) is 5.32 Å². The van der Waals surface area contributed by atoms with Crippen LogP contribution < -0.4 is 5.32 Å². The summed E-state index contributed by atoms with van der Waals surface area (Å²) in [6.07, 6.45) is -1.92. The smallest absolute Gasteiger partial charge is 0.300 e. The van der Waals surface area contributed by atoms with E-state index in [0.717, 1.165) is 12.8 Å². The lowest BCUT2D eigenvalue weighted by atomic mass is 10.0. The zero-order chi connectivity index (χ0) is 13.6. The summed E-state index contributed by atoms with van der Waals surface area (Å²) in [5.41, 5.74) is 0.277. The van der Waals surface area contributed by atoms with Crippen LogP contribution >= 0.6 is 0 Å². The minimum absolute atomic E-state index is 0.0955. The molecule has 0 aromatic heterocycles. The Balaban J connectivity index is 2.86. The molecule has 0 radical (unpaired) electrons. The maximum absolute atomic E-state index is 13.1. The molecule has 1 rings (SSSR count). The summed E-state index contributed by atoms with van der Waals surface area (Å²) < 4.78 is 39.2. The maximum Gasteiger partial charge on any atom is 0.407 e. The molecule has 0 aliphatic rings. The number of nitrogens with one attached hydrogen (secondary N) is 1. The molecule has 1 N–H and O–H groups in total.